The van der Waals surface area contributed by atoms with Crippen LogP contribution in [0.25, 0.3) is 0 Å². The zero-order valence-electron chi connectivity index (χ0n) is 12.6. The molecule has 1 saturated carbocycles. The van der Waals surface area contributed by atoms with Crippen LogP contribution in [0.3, 0.4) is 0 Å². The van der Waals surface area contributed by atoms with E-state index in [2.05, 4.69) is 43.1 Å². The standard InChI is InChI=1S/C17H25NO2/c1-14-4-3-5-15(12-14)13-18(2)16-6-8-17(9-7-16)19-10-11-20-17/h3-5,12,16H,6-11,13H2,1-2H3. The van der Waals surface area contributed by atoms with Gasteiger partial charge in [-0.3, -0.25) is 4.90 Å². The lowest BCUT2D eigenvalue weighted by molar-refractivity contribution is -0.183. The molecule has 1 spiro atoms. The summed E-state index contributed by atoms with van der Waals surface area (Å²) < 4.78 is 11.6. The van der Waals surface area contributed by atoms with Gasteiger partial charge in [0.05, 0.1) is 13.2 Å². The summed E-state index contributed by atoms with van der Waals surface area (Å²) in [6.45, 7) is 4.72. The van der Waals surface area contributed by atoms with Crippen molar-refractivity contribution in [2.45, 2.75) is 51.0 Å². The highest BCUT2D eigenvalue weighted by molar-refractivity contribution is 5.22. The highest BCUT2D eigenvalue weighted by Crippen LogP contribution is 2.37. The third-order valence-corrected chi connectivity index (χ3v) is 4.67. The number of rotatable bonds is 3. The number of hydrogen-bond acceptors (Lipinski definition) is 3. The molecule has 1 aliphatic heterocycles. The Kier molecular flexibility index (Phi) is 4.11. The zero-order chi connectivity index (χ0) is 14.0. The highest BCUT2D eigenvalue weighted by atomic mass is 16.7. The maximum absolute atomic E-state index is 5.80. The van der Waals surface area contributed by atoms with Crippen LogP contribution in [0.1, 0.15) is 36.8 Å². The van der Waals surface area contributed by atoms with Gasteiger partial charge in [0.25, 0.3) is 0 Å². The van der Waals surface area contributed by atoms with Crippen LogP contribution in [0.2, 0.25) is 0 Å². The first-order chi connectivity index (χ1) is 9.67. The molecule has 0 amide bonds. The molecule has 3 nitrogen and oxygen atoms in total. The molecule has 2 fully saturated rings. The van der Waals surface area contributed by atoms with Crippen LogP contribution in [0.4, 0.5) is 0 Å². The molecule has 3 rings (SSSR count). The third-order valence-electron chi connectivity index (χ3n) is 4.67. The van der Waals surface area contributed by atoms with Crippen LogP contribution in [0.5, 0.6) is 0 Å². The maximum Gasteiger partial charge on any atom is 0.168 e. The van der Waals surface area contributed by atoms with E-state index >= 15 is 0 Å². The van der Waals surface area contributed by atoms with Crippen molar-refractivity contribution in [3.05, 3.63) is 35.4 Å². The van der Waals surface area contributed by atoms with E-state index in [0.29, 0.717) is 6.04 Å². The average Bonchev–Trinajstić information content (AvgIpc) is 2.88. The molecule has 1 aliphatic carbocycles. The van der Waals surface area contributed by atoms with Gasteiger partial charge in [-0.1, -0.05) is 29.8 Å². The molecule has 0 radical (unpaired) electrons. The second-order valence-corrected chi connectivity index (χ2v) is 6.24. The van der Waals surface area contributed by atoms with Gasteiger partial charge >= 0.3 is 0 Å². The first-order valence-corrected chi connectivity index (χ1v) is 7.71. The number of nitrogens with zero attached hydrogens (tertiary/aromatic N) is 1. The Hall–Kier alpha value is -0.900. The molecular weight excluding hydrogens is 250 g/mol. The molecule has 1 aromatic rings. The Morgan fingerprint density at radius 1 is 1.20 bits per heavy atom. The summed E-state index contributed by atoms with van der Waals surface area (Å²) in [6, 6.07) is 9.45. The van der Waals surface area contributed by atoms with Gasteiger partial charge in [0.1, 0.15) is 0 Å². The minimum absolute atomic E-state index is 0.235. The lowest BCUT2D eigenvalue weighted by Crippen LogP contribution is -2.42. The number of hydrogen-bond donors (Lipinski definition) is 0. The van der Waals surface area contributed by atoms with Crippen molar-refractivity contribution in [3.63, 3.8) is 0 Å². The fourth-order valence-corrected chi connectivity index (χ4v) is 3.50. The Bertz CT molecular complexity index is 444. The SMILES string of the molecule is Cc1cccc(CN(C)C2CCC3(CC2)OCCO3)c1. The molecule has 1 saturated heterocycles. The Balaban J connectivity index is 1.55. The second kappa shape index (κ2) is 5.84. The van der Waals surface area contributed by atoms with Crippen molar-refractivity contribution in [2.75, 3.05) is 20.3 Å². The molecule has 0 atom stereocenters. The number of aryl methyl sites for hydroxylation is 1. The Morgan fingerprint density at radius 3 is 2.55 bits per heavy atom. The molecule has 0 N–H and O–H groups in total. The fraction of sp³-hybridized carbons (Fsp3) is 0.647. The largest absolute Gasteiger partial charge is 0.348 e. The van der Waals surface area contributed by atoms with Crippen LogP contribution >= 0.6 is 0 Å². The van der Waals surface area contributed by atoms with Gasteiger partial charge in [-0.25, -0.2) is 0 Å². The van der Waals surface area contributed by atoms with Crippen molar-refractivity contribution < 1.29 is 9.47 Å². The molecule has 1 aromatic carbocycles. The van der Waals surface area contributed by atoms with Gasteiger partial charge < -0.3 is 9.47 Å². The van der Waals surface area contributed by atoms with Gasteiger partial charge in [0.2, 0.25) is 0 Å². The molecule has 0 bridgehead atoms. The molecule has 0 unspecified atom stereocenters. The molecule has 1 heterocycles. The summed E-state index contributed by atoms with van der Waals surface area (Å²) in [5, 5.41) is 0. The van der Waals surface area contributed by atoms with E-state index in [1.54, 1.807) is 0 Å². The number of benzene rings is 1. The zero-order valence-corrected chi connectivity index (χ0v) is 12.6. The van der Waals surface area contributed by atoms with E-state index in [1.807, 2.05) is 0 Å². The summed E-state index contributed by atoms with van der Waals surface area (Å²) in [5.41, 5.74) is 2.74. The van der Waals surface area contributed by atoms with Crippen LogP contribution in [0, 0.1) is 6.92 Å². The maximum atomic E-state index is 5.80. The first kappa shape index (κ1) is 14.1. The van der Waals surface area contributed by atoms with E-state index in [-0.39, 0.29) is 5.79 Å². The van der Waals surface area contributed by atoms with Gasteiger partial charge in [0.15, 0.2) is 5.79 Å². The Labute approximate surface area is 121 Å². The summed E-state index contributed by atoms with van der Waals surface area (Å²) in [5.74, 6) is -0.235. The van der Waals surface area contributed by atoms with Crippen LogP contribution < -0.4 is 0 Å². The van der Waals surface area contributed by atoms with Crippen molar-refractivity contribution in [1.29, 1.82) is 0 Å². The minimum atomic E-state index is -0.235. The normalized spacial score (nSPS) is 22.8. The number of ether oxygens (including phenoxy) is 2. The van der Waals surface area contributed by atoms with Crippen molar-refractivity contribution in [1.82, 2.24) is 4.90 Å². The monoisotopic (exact) mass is 275 g/mol. The van der Waals surface area contributed by atoms with Gasteiger partial charge in [-0.05, 0) is 32.4 Å². The van der Waals surface area contributed by atoms with Crippen LogP contribution in [0.15, 0.2) is 24.3 Å². The van der Waals surface area contributed by atoms with Crippen molar-refractivity contribution >= 4 is 0 Å². The molecule has 110 valence electrons. The minimum Gasteiger partial charge on any atom is -0.348 e. The topological polar surface area (TPSA) is 21.7 Å². The summed E-state index contributed by atoms with van der Waals surface area (Å²) >= 11 is 0. The molecular formula is C17H25NO2. The van der Waals surface area contributed by atoms with E-state index in [4.69, 9.17) is 9.47 Å². The van der Waals surface area contributed by atoms with E-state index in [0.717, 1.165) is 32.6 Å². The average molecular weight is 275 g/mol. The van der Waals surface area contributed by atoms with Crippen LogP contribution in [-0.2, 0) is 16.0 Å². The summed E-state index contributed by atoms with van der Waals surface area (Å²) in [6.07, 6.45) is 4.41. The first-order valence-electron chi connectivity index (χ1n) is 7.71. The van der Waals surface area contributed by atoms with Gasteiger partial charge in [0, 0.05) is 25.4 Å². The lowest BCUT2D eigenvalue weighted by atomic mass is 9.89. The smallest absolute Gasteiger partial charge is 0.168 e. The van der Waals surface area contributed by atoms with Crippen molar-refractivity contribution in [3.8, 4) is 0 Å². The van der Waals surface area contributed by atoms with E-state index in [9.17, 15) is 0 Å². The van der Waals surface area contributed by atoms with Crippen LogP contribution in [-0.4, -0.2) is 37.0 Å². The highest BCUT2D eigenvalue weighted by Gasteiger charge is 2.40. The van der Waals surface area contributed by atoms with Gasteiger partial charge in [-0.15, -0.1) is 0 Å². The third kappa shape index (κ3) is 3.05. The predicted molar refractivity (Wildman–Crippen MR) is 79.5 cm³/mol. The van der Waals surface area contributed by atoms with Crippen molar-refractivity contribution in [2.24, 2.45) is 0 Å². The van der Waals surface area contributed by atoms with Gasteiger partial charge in [-0.2, -0.15) is 0 Å². The fourth-order valence-electron chi connectivity index (χ4n) is 3.50. The summed E-state index contributed by atoms with van der Waals surface area (Å²) in [4.78, 5) is 2.48. The quantitative estimate of drug-likeness (QED) is 0.846. The molecule has 2 aliphatic rings. The molecule has 0 aromatic heterocycles. The second-order valence-electron chi connectivity index (χ2n) is 6.24. The summed E-state index contributed by atoms with van der Waals surface area (Å²) in [7, 11) is 2.24. The molecule has 20 heavy (non-hydrogen) atoms. The Morgan fingerprint density at radius 2 is 1.90 bits per heavy atom. The van der Waals surface area contributed by atoms with E-state index in [1.165, 1.54) is 24.0 Å². The van der Waals surface area contributed by atoms with E-state index < -0.39 is 0 Å². The lowest BCUT2D eigenvalue weighted by Gasteiger charge is -2.39. The molecule has 3 heteroatoms. The predicted octanol–water partition coefficient (Wildman–Crippen LogP) is 3.11.